The summed E-state index contributed by atoms with van der Waals surface area (Å²) >= 11 is 0. The number of carbonyl (C=O) groups is 1. The summed E-state index contributed by atoms with van der Waals surface area (Å²) in [5.41, 5.74) is 2.89. The Hall–Kier alpha value is -2.69. The average molecular weight is 332 g/mol. The van der Waals surface area contributed by atoms with E-state index < -0.39 is 0 Å². The number of ether oxygens (including phenoxy) is 1. The Kier molecular flexibility index (Phi) is 5.44. The molecule has 2 aromatic rings. The molecule has 0 bridgehead atoms. The van der Waals surface area contributed by atoms with Crippen LogP contribution in [0.25, 0.3) is 0 Å². The van der Waals surface area contributed by atoms with Gasteiger partial charge in [-0.1, -0.05) is 60.1 Å². The third-order valence-electron chi connectivity index (χ3n) is 4.27. The molecule has 1 aliphatic heterocycles. The second-order valence-corrected chi connectivity index (χ2v) is 6.15. The molecule has 0 aromatic heterocycles. The lowest BCUT2D eigenvalue weighted by Gasteiger charge is -2.36. The highest BCUT2D eigenvalue weighted by Crippen LogP contribution is 2.14. The SMILES string of the molecule is [B]c1ccc(CN2CCN(C(=C)OCc3ccccc3)CC2=O)cc1. The molecule has 0 spiro atoms. The van der Waals surface area contributed by atoms with Crippen LogP contribution in [0.3, 0.4) is 0 Å². The topological polar surface area (TPSA) is 32.8 Å². The van der Waals surface area contributed by atoms with Crippen molar-refractivity contribution in [2.45, 2.75) is 13.2 Å². The first-order valence-electron chi connectivity index (χ1n) is 8.34. The zero-order valence-electron chi connectivity index (χ0n) is 14.2. The second kappa shape index (κ2) is 7.93. The number of rotatable bonds is 6. The van der Waals surface area contributed by atoms with Crippen LogP contribution in [-0.2, 0) is 22.7 Å². The number of nitrogens with zero attached hydrogens (tertiary/aromatic N) is 2. The van der Waals surface area contributed by atoms with Crippen LogP contribution < -0.4 is 5.46 Å². The first kappa shape index (κ1) is 17.1. The molecule has 2 radical (unpaired) electrons. The van der Waals surface area contributed by atoms with Crippen molar-refractivity contribution >= 4 is 19.2 Å². The molecule has 3 rings (SSSR count). The molecule has 0 atom stereocenters. The number of carbonyl (C=O) groups excluding carboxylic acids is 1. The molecular weight excluding hydrogens is 311 g/mol. The summed E-state index contributed by atoms with van der Waals surface area (Å²) in [6, 6.07) is 17.5. The molecule has 25 heavy (non-hydrogen) atoms. The van der Waals surface area contributed by atoms with E-state index in [4.69, 9.17) is 12.6 Å². The summed E-state index contributed by atoms with van der Waals surface area (Å²) in [6.45, 7) is 6.69. The van der Waals surface area contributed by atoms with Gasteiger partial charge in [0.2, 0.25) is 5.91 Å². The third kappa shape index (κ3) is 4.66. The lowest BCUT2D eigenvalue weighted by molar-refractivity contribution is -0.137. The number of amides is 1. The maximum Gasteiger partial charge on any atom is 0.242 e. The molecule has 5 heteroatoms. The van der Waals surface area contributed by atoms with E-state index in [2.05, 4.69) is 6.58 Å². The third-order valence-corrected chi connectivity index (χ3v) is 4.27. The van der Waals surface area contributed by atoms with Crippen molar-refractivity contribution in [1.82, 2.24) is 9.80 Å². The summed E-state index contributed by atoms with van der Waals surface area (Å²) in [4.78, 5) is 16.2. The van der Waals surface area contributed by atoms with Crippen molar-refractivity contribution in [3.05, 3.63) is 78.2 Å². The van der Waals surface area contributed by atoms with E-state index in [0.29, 0.717) is 38.7 Å². The number of piperazine rings is 1. The lowest BCUT2D eigenvalue weighted by atomic mass is 9.95. The monoisotopic (exact) mass is 332 g/mol. The Morgan fingerprint density at radius 2 is 1.76 bits per heavy atom. The van der Waals surface area contributed by atoms with Gasteiger partial charge in [0.25, 0.3) is 0 Å². The van der Waals surface area contributed by atoms with E-state index in [-0.39, 0.29) is 5.91 Å². The Morgan fingerprint density at radius 3 is 2.44 bits per heavy atom. The van der Waals surface area contributed by atoms with E-state index in [1.165, 1.54) is 0 Å². The fraction of sp³-hybridized carbons (Fsp3) is 0.250. The van der Waals surface area contributed by atoms with E-state index >= 15 is 0 Å². The molecule has 0 saturated carbocycles. The molecule has 1 heterocycles. The zero-order chi connectivity index (χ0) is 17.6. The van der Waals surface area contributed by atoms with Crippen molar-refractivity contribution in [3.8, 4) is 0 Å². The molecule has 2 aromatic carbocycles. The molecule has 1 fully saturated rings. The lowest BCUT2D eigenvalue weighted by Crippen LogP contribution is -2.49. The Bertz CT molecular complexity index is 731. The second-order valence-electron chi connectivity index (χ2n) is 6.15. The summed E-state index contributed by atoms with van der Waals surface area (Å²) in [5.74, 6) is 0.622. The minimum atomic E-state index is 0.0764. The fourth-order valence-electron chi connectivity index (χ4n) is 2.76. The smallest absolute Gasteiger partial charge is 0.242 e. The van der Waals surface area contributed by atoms with Crippen LogP contribution in [0.15, 0.2) is 67.1 Å². The molecule has 1 amide bonds. The summed E-state index contributed by atoms with van der Waals surface area (Å²) in [6.07, 6.45) is 0. The highest BCUT2D eigenvalue weighted by atomic mass is 16.5. The van der Waals surface area contributed by atoms with E-state index in [9.17, 15) is 4.79 Å². The van der Waals surface area contributed by atoms with Crippen molar-refractivity contribution in [3.63, 3.8) is 0 Å². The number of benzene rings is 2. The molecule has 1 saturated heterocycles. The van der Waals surface area contributed by atoms with Crippen LogP contribution in [0.2, 0.25) is 0 Å². The molecule has 4 nitrogen and oxygen atoms in total. The first-order chi connectivity index (χ1) is 12.1. The van der Waals surface area contributed by atoms with Crippen molar-refractivity contribution in [2.75, 3.05) is 19.6 Å². The molecule has 0 N–H and O–H groups in total. The molecule has 1 aliphatic rings. The summed E-state index contributed by atoms with van der Waals surface area (Å²) in [7, 11) is 5.70. The van der Waals surface area contributed by atoms with Crippen molar-refractivity contribution in [2.24, 2.45) is 0 Å². The average Bonchev–Trinajstić information content (AvgIpc) is 2.64. The minimum Gasteiger partial charge on any atom is -0.475 e. The van der Waals surface area contributed by atoms with Gasteiger partial charge in [-0.05, 0) is 17.7 Å². The molecule has 0 aliphatic carbocycles. The van der Waals surface area contributed by atoms with Gasteiger partial charge in [0.05, 0.1) is 6.54 Å². The van der Waals surface area contributed by atoms with Gasteiger partial charge in [0, 0.05) is 19.6 Å². The number of hydrogen-bond donors (Lipinski definition) is 0. The van der Waals surface area contributed by atoms with Crippen LogP contribution in [-0.4, -0.2) is 43.2 Å². The maximum absolute atomic E-state index is 12.4. The van der Waals surface area contributed by atoms with E-state index in [1.54, 1.807) is 0 Å². The standard InChI is InChI=1S/C20H21BN2O2/c1-16(25-15-18-5-3-2-4-6-18)22-11-12-23(20(24)14-22)13-17-7-9-19(21)10-8-17/h2-10H,1,11-15H2. The van der Waals surface area contributed by atoms with E-state index in [0.717, 1.165) is 16.6 Å². The van der Waals surface area contributed by atoms with Gasteiger partial charge in [-0.15, -0.1) is 0 Å². The van der Waals surface area contributed by atoms with Gasteiger partial charge >= 0.3 is 0 Å². The van der Waals surface area contributed by atoms with Crippen LogP contribution in [0, 0.1) is 0 Å². The maximum atomic E-state index is 12.4. The predicted molar refractivity (Wildman–Crippen MR) is 99.2 cm³/mol. The van der Waals surface area contributed by atoms with Gasteiger partial charge in [-0.25, -0.2) is 0 Å². The molecule has 126 valence electrons. The highest BCUT2D eigenvalue weighted by Gasteiger charge is 2.25. The Morgan fingerprint density at radius 1 is 1.04 bits per heavy atom. The quantitative estimate of drug-likeness (QED) is 0.598. The van der Waals surface area contributed by atoms with Crippen LogP contribution >= 0.6 is 0 Å². The van der Waals surface area contributed by atoms with Crippen molar-refractivity contribution in [1.29, 1.82) is 0 Å². The largest absolute Gasteiger partial charge is 0.475 e. The predicted octanol–water partition coefficient (Wildman–Crippen LogP) is 1.81. The summed E-state index contributed by atoms with van der Waals surface area (Å²) in [5, 5.41) is 0. The first-order valence-corrected chi connectivity index (χ1v) is 8.34. The van der Waals surface area contributed by atoms with Gasteiger partial charge in [0.15, 0.2) is 5.88 Å². The van der Waals surface area contributed by atoms with Gasteiger partial charge < -0.3 is 14.5 Å². The van der Waals surface area contributed by atoms with Gasteiger partial charge in [-0.3, -0.25) is 4.79 Å². The zero-order valence-corrected chi connectivity index (χ0v) is 14.2. The van der Waals surface area contributed by atoms with Crippen LogP contribution in [0.1, 0.15) is 11.1 Å². The molecule has 0 unspecified atom stereocenters. The van der Waals surface area contributed by atoms with Gasteiger partial charge in [-0.2, -0.15) is 0 Å². The van der Waals surface area contributed by atoms with E-state index in [1.807, 2.05) is 64.4 Å². The van der Waals surface area contributed by atoms with Crippen LogP contribution in [0.5, 0.6) is 0 Å². The highest BCUT2D eigenvalue weighted by molar-refractivity contribution is 6.32. The Labute approximate surface area is 150 Å². The summed E-state index contributed by atoms with van der Waals surface area (Å²) < 4.78 is 5.73. The minimum absolute atomic E-state index is 0.0764. The fourth-order valence-corrected chi connectivity index (χ4v) is 2.76. The van der Waals surface area contributed by atoms with Crippen LogP contribution in [0.4, 0.5) is 0 Å². The van der Waals surface area contributed by atoms with Crippen molar-refractivity contribution < 1.29 is 9.53 Å². The normalized spacial score (nSPS) is 14.5. The Balaban J connectivity index is 1.50. The van der Waals surface area contributed by atoms with Gasteiger partial charge in [0.1, 0.15) is 14.5 Å². The number of hydrogen-bond acceptors (Lipinski definition) is 3. The molecular formula is C20H21BN2O2.